The van der Waals surface area contributed by atoms with Gasteiger partial charge in [-0.25, -0.2) is 0 Å². The highest BCUT2D eigenvalue weighted by Crippen LogP contribution is 2.34. The largest absolute Gasteiger partial charge is 0.0885 e. The van der Waals surface area contributed by atoms with Gasteiger partial charge in [-0.05, 0) is 31.1 Å². The lowest BCUT2D eigenvalue weighted by Gasteiger charge is -2.26. The van der Waals surface area contributed by atoms with Crippen molar-refractivity contribution in [1.29, 1.82) is 0 Å². The topological polar surface area (TPSA) is 0 Å². The standard InChI is InChI=1S/C9H12/c1-2-4-8-6-7-9(8)5-3-1/h1-2,6-9H,3-5H2. The molecule has 0 aliphatic heterocycles. The second-order valence-electron chi connectivity index (χ2n) is 3.00. The molecule has 0 saturated heterocycles. The van der Waals surface area contributed by atoms with Crippen LogP contribution in [0.4, 0.5) is 0 Å². The summed E-state index contributed by atoms with van der Waals surface area (Å²) in [6.45, 7) is 0. The van der Waals surface area contributed by atoms with Gasteiger partial charge < -0.3 is 0 Å². The summed E-state index contributed by atoms with van der Waals surface area (Å²) in [4.78, 5) is 0. The molecule has 0 aromatic heterocycles. The zero-order chi connectivity index (χ0) is 6.10. The van der Waals surface area contributed by atoms with Crippen LogP contribution in [0.1, 0.15) is 19.3 Å². The lowest BCUT2D eigenvalue weighted by molar-refractivity contribution is 0.415. The Morgan fingerprint density at radius 1 is 1.00 bits per heavy atom. The van der Waals surface area contributed by atoms with Crippen LogP contribution >= 0.6 is 0 Å². The highest BCUT2D eigenvalue weighted by Gasteiger charge is 2.22. The van der Waals surface area contributed by atoms with Crippen LogP contribution in [-0.4, -0.2) is 0 Å². The van der Waals surface area contributed by atoms with E-state index in [0.29, 0.717) is 0 Å². The van der Waals surface area contributed by atoms with Crippen LogP contribution in [0.15, 0.2) is 24.3 Å². The zero-order valence-electron chi connectivity index (χ0n) is 5.59. The van der Waals surface area contributed by atoms with E-state index in [1.54, 1.807) is 0 Å². The van der Waals surface area contributed by atoms with E-state index in [1.807, 2.05) is 0 Å². The summed E-state index contributed by atoms with van der Waals surface area (Å²) in [7, 11) is 0. The third-order valence-corrected chi connectivity index (χ3v) is 2.40. The monoisotopic (exact) mass is 120 g/mol. The van der Waals surface area contributed by atoms with E-state index >= 15 is 0 Å². The zero-order valence-corrected chi connectivity index (χ0v) is 5.59. The predicted molar refractivity (Wildman–Crippen MR) is 39.1 cm³/mol. The first-order chi connectivity index (χ1) is 4.47. The van der Waals surface area contributed by atoms with Gasteiger partial charge in [0.2, 0.25) is 0 Å². The lowest BCUT2D eigenvalue weighted by atomic mass is 9.79. The molecule has 0 heteroatoms. The SMILES string of the molecule is C1=CCC2C=CC2CC1. The molecule has 0 heterocycles. The Labute approximate surface area is 56.3 Å². The molecule has 2 rings (SSSR count). The molecule has 2 unspecified atom stereocenters. The van der Waals surface area contributed by atoms with E-state index in [4.69, 9.17) is 0 Å². The van der Waals surface area contributed by atoms with E-state index in [-0.39, 0.29) is 0 Å². The molecule has 0 aromatic rings. The molecule has 0 aromatic carbocycles. The molecule has 0 fully saturated rings. The lowest BCUT2D eigenvalue weighted by Crippen LogP contribution is -2.16. The normalized spacial score (nSPS) is 39.1. The van der Waals surface area contributed by atoms with Crippen LogP contribution in [-0.2, 0) is 0 Å². The summed E-state index contributed by atoms with van der Waals surface area (Å²) in [5.41, 5.74) is 0. The predicted octanol–water partition coefficient (Wildman–Crippen LogP) is 2.53. The fourth-order valence-electron chi connectivity index (χ4n) is 1.65. The van der Waals surface area contributed by atoms with Crippen molar-refractivity contribution in [2.45, 2.75) is 19.3 Å². The number of hydrogen-bond donors (Lipinski definition) is 0. The number of rotatable bonds is 0. The average Bonchev–Trinajstić information content (AvgIpc) is 1.94. The highest BCUT2D eigenvalue weighted by atomic mass is 14.3. The van der Waals surface area contributed by atoms with E-state index in [9.17, 15) is 0 Å². The Balaban J connectivity index is 2.07. The Hall–Kier alpha value is -0.520. The molecule has 0 amide bonds. The summed E-state index contributed by atoms with van der Waals surface area (Å²) in [6, 6.07) is 0. The van der Waals surface area contributed by atoms with Crippen molar-refractivity contribution >= 4 is 0 Å². The maximum absolute atomic E-state index is 2.36. The minimum absolute atomic E-state index is 0.906. The molecular weight excluding hydrogens is 108 g/mol. The number of allylic oxidation sites excluding steroid dienone is 4. The van der Waals surface area contributed by atoms with Gasteiger partial charge in [-0.15, -0.1) is 0 Å². The van der Waals surface area contributed by atoms with Gasteiger partial charge in [-0.2, -0.15) is 0 Å². The summed E-state index contributed by atoms with van der Waals surface area (Å²) >= 11 is 0. The van der Waals surface area contributed by atoms with E-state index < -0.39 is 0 Å². The molecule has 0 bridgehead atoms. The van der Waals surface area contributed by atoms with Crippen molar-refractivity contribution in [2.24, 2.45) is 11.8 Å². The van der Waals surface area contributed by atoms with Gasteiger partial charge in [0.05, 0.1) is 0 Å². The third-order valence-electron chi connectivity index (χ3n) is 2.40. The smallest absolute Gasteiger partial charge is 0.0136 e. The van der Waals surface area contributed by atoms with Crippen molar-refractivity contribution in [3.8, 4) is 0 Å². The summed E-state index contributed by atoms with van der Waals surface area (Å²) in [5, 5.41) is 0. The Morgan fingerprint density at radius 3 is 2.67 bits per heavy atom. The third kappa shape index (κ3) is 0.827. The molecular formula is C9H12. The molecule has 2 atom stereocenters. The van der Waals surface area contributed by atoms with Gasteiger partial charge in [-0.1, -0.05) is 24.3 Å². The van der Waals surface area contributed by atoms with Crippen LogP contribution in [0.5, 0.6) is 0 Å². The molecule has 2 aliphatic rings. The summed E-state index contributed by atoms with van der Waals surface area (Å²) in [6.07, 6.45) is 13.3. The fraction of sp³-hybridized carbons (Fsp3) is 0.556. The molecule has 0 saturated carbocycles. The fourth-order valence-corrected chi connectivity index (χ4v) is 1.65. The van der Waals surface area contributed by atoms with Gasteiger partial charge in [0.15, 0.2) is 0 Å². The first-order valence-electron chi connectivity index (χ1n) is 3.80. The number of hydrogen-bond acceptors (Lipinski definition) is 0. The molecule has 9 heavy (non-hydrogen) atoms. The van der Waals surface area contributed by atoms with Gasteiger partial charge in [0.25, 0.3) is 0 Å². The van der Waals surface area contributed by atoms with Crippen molar-refractivity contribution < 1.29 is 0 Å². The van der Waals surface area contributed by atoms with Crippen LogP contribution in [0, 0.1) is 11.8 Å². The first kappa shape index (κ1) is 5.28. The van der Waals surface area contributed by atoms with Crippen molar-refractivity contribution in [3.63, 3.8) is 0 Å². The van der Waals surface area contributed by atoms with E-state index in [0.717, 1.165) is 11.8 Å². The highest BCUT2D eigenvalue weighted by molar-refractivity contribution is 5.13. The van der Waals surface area contributed by atoms with Crippen molar-refractivity contribution in [3.05, 3.63) is 24.3 Å². The van der Waals surface area contributed by atoms with Crippen LogP contribution in [0.25, 0.3) is 0 Å². The maximum Gasteiger partial charge on any atom is -0.0136 e. The molecule has 0 N–H and O–H groups in total. The summed E-state index contributed by atoms with van der Waals surface area (Å²) in [5.74, 6) is 1.84. The molecule has 48 valence electrons. The molecule has 0 spiro atoms. The molecule has 0 radical (unpaired) electrons. The maximum atomic E-state index is 2.36. The second-order valence-corrected chi connectivity index (χ2v) is 3.00. The van der Waals surface area contributed by atoms with E-state index in [1.165, 1.54) is 19.3 Å². The van der Waals surface area contributed by atoms with Gasteiger partial charge in [0, 0.05) is 0 Å². The van der Waals surface area contributed by atoms with Crippen molar-refractivity contribution in [1.82, 2.24) is 0 Å². The minimum atomic E-state index is 0.906. The average molecular weight is 120 g/mol. The van der Waals surface area contributed by atoms with Crippen molar-refractivity contribution in [2.75, 3.05) is 0 Å². The van der Waals surface area contributed by atoms with E-state index in [2.05, 4.69) is 24.3 Å². The Bertz CT molecular complexity index is 153. The van der Waals surface area contributed by atoms with Crippen LogP contribution in [0.3, 0.4) is 0 Å². The van der Waals surface area contributed by atoms with Gasteiger partial charge in [0.1, 0.15) is 0 Å². The van der Waals surface area contributed by atoms with Crippen LogP contribution < -0.4 is 0 Å². The Kier molecular flexibility index (Phi) is 1.18. The molecule has 2 aliphatic carbocycles. The van der Waals surface area contributed by atoms with Gasteiger partial charge in [-0.3, -0.25) is 0 Å². The van der Waals surface area contributed by atoms with Gasteiger partial charge >= 0.3 is 0 Å². The summed E-state index contributed by atoms with van der Waals surface area (Å²) < 4.78 is 0. The first-order valence-corrected chi connectivity index (χ1v) is 3.80. The minimum Gasteiger partial charge on any atom is -0.0885 e. The number of fused-ring (bicyclic) bond motifs is 1. The molecule has 0 nitrogen and oxygen atoms in total. The van der Waals surface area contributed by atoms with Crippen LogP contribution in [0.2, 0.25) is 0 Å². The second kappa shape index (κ2) is 2.02. The Morgan fingerprint density at radius 2 is 1.89 bits per heavy atom. The quantitative estimate of drug-likeness (QED) is 0.431.